The van der Waals surface area contributed by atoms with Crippen molar-refractivity contribution in [1.82, 2.24) is 0 Å². The molecule has 55 heavy (non-hydrogen) atoms. The molecular formula is C42H58ClN4O6S2+. The lowest BCUT2D eigenvalue weighted by Gasteiger charge is -2.29. The molecule has 0 saturated carbocycles. The van der Waals surface area contributed by atoms with Crippen molar-refractivity contribution in [1.29, 1.82) is 0 Å². The number of anilines is 1. The fourth-order valence-corrected chi connectivity index (χ4v) is 9.38. The number of halogens is 1. The first-order valence-electron chi connectivity index (χ1n) is 18.9. The molecule has 2 aromatic carbocycles. The molecule has 0 fully saturated rings. The molecule has 2 aliphatic heterocycles. The Balaban J connectivity index is 1.53. The largest absolute Gasteiger partial charge is 0.744 e. The summed E-state index contributed by atoms with van der Waals surface area (Å²) in [5.74, 6) is 0. The Hall–Kier alpha value is -3.10. The van der Waals surface area contributed by atoms with Gasteiger partial charge in [0.15, 0.2) is 12.3 Å². The minimum Gasteiger partial charge on any atom is -0.744 e. The van der Waals surface area contributed by atoms with E-state index in [1.807, 2.05) is 0 Å². The van der Waals surface area contributed by atoms with E-state index in [0.717, 1.165) is 112 Å². The van der Waals surface area contributed by atoms with Crippen molar-refractivity contribution in [2.24, 2.45) is 0 Å². The van der Waals surface area contributed by atoms with Gasteiger partial charge in [-0.25, -0.2) is 16.8 Å². The van der Waals surface area contributed by atoms with Gasteiger partial charge in [-0.15, -0.1) is 0 Å². The number of rotatable bonds is 13. The molecule has 1 aliphatic carbocycles. The third kappa shape index (κ3) is 9.55. The fourth-order valence-electron chi connectivity index (χ4n) is 8.08. The van der Waals surface area contributed by atoms with Crippen LogP contribution in [0.1, 0.15) is 70.9 Å². The highest BCUT2D eigenvalue weighted by Crippen LogP contribution is 2.49. The van der Waals surface area contributed by atoms with E-state index in [9.17, 15) is 25.9 Å². The highest BCUT2D eigenvalue weighted by molar-refractivity contribution is 7.86. The number of quaternary nitrogens is 2. The van der Waals surface area contributed by atoms with Gasteiger partial charge in [-0.1, -0.05) is 37.6 Å². The van der Waals surface area contributed by atoms with Crippen LogP contribution in [0.2, 0.25) is 0 Å². The predicted octanol–water partition coefficient (Wildman–Crippen LogP) is 6.90. The van der Waals surface area contributed by atoms with E-state index >= 15 is 0 Å². The summed E-state index contributed by atoms with van der Waals surface area (Å²) in [6.45, 7) is 11.6. The minimum atomic E-state index is -4.62. The summed E-state index contributed by atoms with van der Waals surface area (Å²) in [5, 5.41) is 0.689. The van der Waals surface area contributed by atoms with Gasteiger partial charge in [0.2, 0.25) is 5.69 Å². The van der Waals surface area contributed by atoms with E-state index in [2.05, 4.69) is 104 Å². The summed E-state index contributed by atoms with van der Waals surface area (Å²) < 4.78 is 75.9. The van der Waals surface area contributed by atoms with Crippen molar-refractivity contribution in [3.05, 3.63) is 93.7 Å². The van der Waals surface area contributed by atoms with Gasteiger partial charge >= 0.3 is 0 Å². The second kappa shape index (κ2) is 15.3. The Kier molecular flexibility index (Phi) is 12.0. The fraction of sp³-hybridized carbons (Fsp3) is 0.500. The first-order valence-corrected chi connectivity index (χ1v) is 22.1. The van der Waals surface area contributed by atoms with Gasteiger partial charge in [0, 0.05) is 52.5 Å². The van der Waals surface area contributed by atoms with Gasteiger partial charge in [0.25, 0.3) is 0 Å². The quantitative estimate of drug-likeness (QED) is 0.123. The van der Waals surface area contributed by atoms with Crippen molar-refractivity contribution in [3.63, 3.8) is 0 Å². The summed E-state index contributed by atoms with van der Waals surface area (Å²) in [6.07, 6.45) is 12.7. The highest BCUT2D eigenvalue weighted by Gasteiger charge is 2.45. The van der Waals surface area contributed by atoms with E-state index in [-0.39, 0.29) is 9.79 Å². The number of hydrogen-bond donors (Lipinski definition) is 0. The van der Waals surface area contributed by atoms with Crippen LogP contribution in [0.5, 0.6) is 0 Å². The van der Waals surface area contributed by atoms with Gasteiger partial charge < -0.3 is 23.0 Å². The van der Waals surface area contributed by atoms with Gasteiger partial charge in [-0.05, 0) is 86.2 Å². The molecule has 5 rings (SSSR count). The summed E-state index contributed by atoms with van der Waals surface area (Å²) in [6, 6.07) is 9.38. The summed E-state index contributed by atoms with van der Waals surface area (Å²) in [7, 11) is 3.70. The third-order valence-corrected chi connectivity index (χ3v) is 13.2. The maximum atomic E-state index is 12.0. The van der Waals surface area contributed by atoms with Crippen molar-refractivity contribution >= 4 is 48.9 Å². The zero-order valence-electron chi connectivity index (χ0n) is 34.1. The topological polar surface area (TPSA) is 121 Å². The number of hydrogen-bond acceptors (Lipinski definition) is 7. The van der Waals surface area contributed by atoms with Gasteiger partial charge in [-0.3, -0.25) is 0 Å². The first-order chi connectivity index (χ1) is 25.2. The van der Waals surface area contributed by atoms with Crippen LogP contribution in [-0.4, -0.2) is 114 Å². The predicted molar refractivity (Wildman–Crippen MR) is 219 cm³/mol. The minimum absolute atomic E-state index is 0.228. The maximum Gasteiger partial charge on any atom is 0.209 e. The molecule has 0 spiro atoms. The first kappa shape index (κ1) is 43.0. The van der Waals surface area contributed by atoms with Crippen LogP contribution in [0.4, 0.5) is 11.4 Å². The van der Waals surface area contributed by atoms with Crippen LogP contribution in [0, 0.1) is 0 Å². The molecule has 0 unspecified atom stereocenters. The standard InChI is InChI=1S/C42H58ClN4O6S2/c1-41(2)34-28-32(54(48,49)50)18-20-36(34)44(24-12-26-46(5,6)7)38(41)22-16-30-14-11-15-31(40(30)43)17-23-39-42(3,4)35-29-33(55(51,52)53)19-21-37(35)45(39)25-13-27-47(8,9)10/h16-23,28-29H,11-15,24-27H2,1-10H3/q+1. The molecule has 2 heterocycles. The van der Waals surface area contributed by atoms with Gasteiger partial charge in [-0.2, -0.15) is 4.58 Å². The molecule has 0 radical (unpaired) electrons. The lowest BCUT2D eigenvalue weighted by Crippen LogP contribution is -2.37. The number of benzene rings is 2. The number of allylic oxidation sites excluding steroid dienone is 8. The zero-order valence-corrected chi connectivity index (χ0v) is 36.5. The van der Waals surface area contributed by atoms with Crippen LogP contribution in [0.3, 0.4) is 0 Å². The number of nitrogens with zero attached hydrogens (tertiary/aromatic N) is 4. The maximum absolute atomic E-state index is 12.0. The molecular weight excluding hydrogens is 756 g/mol. The van der Waals surface area contributed by atoms with Gasteiger partial charge in [0.05, 0.1) is 77.0 Å². The molecule has 0 amide bonds. The lowest BCUT2D eigenvalue weighted by atomic mass is 9.81. The van der Waals surface area contributed by atoms with Crippen LogP contribution in [0.15, 0.2) is 92.4 Å². The monoisotopic (exact) mass is 813 g/mol. The van der Waals surface area contributed by atoms with E-state index in [1.54, 1.807) is 12.1 Å². The normalized spacial score (nSPS) is 20.3. The summed E-state index contributed by atoms with van der Waals surface area (Å²) in [4.78, 5) is 1.79. The molecule has 0 bridgehead atoms. The third-order valence-electron chi connectivity index (χ3n) is 11.1. The highest BCUT2D eigenvalue weighted by atomic mass is 35.5. The summed E-state index contributed by atoms with van der Waals surface area (Å²) >= 11 is 7.21. The molecule has 2 aromatic rings. The Bertz CT molecular complexity index is 2240. The molecule has 300 valence electrons. The van der Waals surface area contributed by atoms with Crippen LogP contribution in [-0.2, 0) is 31.1 Å². The van der Waals surface area contributed by atoms with E-state index in [0.29, 0.717) is 5.03 Å². The van der Waals surface area contributed by atoms with Crippen molar-refractivity contribution < 1.29 is 39.5 Å². The SMILES string of the molecule is CC1(C)C(/C=C/C2=C(Cl)C(=C/C=C3/N(CCC[N+](C)(C)C)c4ccc(S(=O)(=O)[O-])cc4C3(C)C)/CCC2)=[N+](CCC[N+](C)(C)C)c2ccc(S(=O)(=O)[O-])cc21. The van der Waals surface area contributed by atoms with Crippen LogP contribution >= 0.6 is 11.6 Å². The molecule has 3 aliphatic rings. The molecule has 13 heteroatoms. The second-order valence-corrected chi connectivity index (χ2v) is 21.3. The molecule has 0 N–H and O–H groups in total. The Morgan fingerprint density at radius 3 is 1.96 bits per heavy atom. The van der Waals surface area contributed by atoms with E-state index < -0.39 is 31.1 Å². The van der Waals surface area contributed by atoms with E-state index in [4.69, 9.17) is 11.6 Å². The molecule has 10 nitrogen and oxygen atoms in total. The van der Waals surface area contributed by atoms with Crippen LogP contribution in [0.25, 0.3) is 0 Å². The second-order valence-electron chi connectivity index (χ2n) is 18.2. The Morgan fingerprint density at radius 1 is 0.782 bits per heavy atom. The molecule has 0 aromatic heterocycles. The Labute approximate surface area is 334 Å². The van der Waals surface area contributed by atoms with Crippen molar-refractivity contribution in [2.75, 3.05) is 73.4 Å². The zero-order chi connectivity index (χ0) is 40.9. The van der Waals surface area contributed by atoms with Crippen molar-refractivity contribution in [2.45, 2.75) is 80.4 Å². The van der Waals surface area contributed by atoms with E-state index in [1.165, 1.54) is 24.3 Å². The Morgan fingerprint density at radius 2 is 1.36 bits per heavy atom. The van der Waals surface area contributed by atoms with Gasteiger partial charge in [0.1, 0.15) is 20.2 Å². The average Bonchev–Trinajstić information content (AvgIpc) is 3.39. The summed E-state index contributed by atoms with van der Waals surface area (Å²) in [5.41, 5.74) is 6.29. The average molecular weight is 815 g/mol. The van der Waals surface area contributed by atoms with Crippen molar-refractivity contribution in [3.8, 4) is 0 Å². The smallest absolute Gasteiger partial charge is 0.209 e. The number of fused-ring (bicyclic) bond motifs is 2. The van der Waals surface area contributed by atoms with Crippen LogP contribution < -0.4 is 4.90 Å². The molecule has 0 saturated heterocycles. The molecule has 0 atom stereocenters. The lowest BCUT2D eigenvalue weighted by molar-refractivity contribution is -0.871.